The second-order valence-electron chi connectivity index (χ2n) is 37.2. The second kappa shape index (κ2) is 50.3. The molecule has 2 N–H and O–H groups in total. The lowest BCUT2D eigenvalue weighted by atomic mass is 9.79. The van der Waals surface area contributed by atoms with Gasteiger partial charge < -0.3 is 67.1 Å². The van der Waals surface area contributed by atoms with Crippen molar-refractivity contribution in [2.45, 2.75) is 180 Å². The van der Waals surface area contributed by atoms with Crippen molar-refractivity contribution < 1.29 is 99.4 Å². The molecule has 0 radical (unpaired) electrons. The Bertz CT molecular complexity index is 5450. The molecular formula is C115H134ClF3O18. The van der Waals surface area contributed by atoms with Crippen LogP contribution in [0.3, 0.4) is 0 Å². The number of methoxy groups -OCH3 is 10. The van der Waals surface area contributed by atoms with Gasteiger partial charge in [0.15, 0.2) is 0 Å². The van der Waals surface area contributed by atoms with Crippen LogP contribution in [0.2, 0.25) is 0 Å². The first-order valence-corrected chi connectivity index (χ1v) is 47.0. The van der Waals surface area contributed by atoms with Crippen LogP contribution in [-0.4, -0.2) is 105 Å². The normalized spacial score (nSPS) is 14.9. The van der Waals surface area contributed by atoms with Crippen molar-refractivity contribution in [2.24, 2.45) is 39.9 Å². The molecule has 137 heavy (non-hydrogen) atoms. The van der Waals surface area contributed by atoms with Crippen molar-refractivity contribution >= 4 is 35.5 Å². The van der Waals surface area contributed by atoms with Gasteiger partial charge in [-0.15, -0.1) is 31.3 Å². The molecule has 0 heterocycles. The third-order valence-corrected chi connectivity index (χ3v) is 26.6. The van der Waals surface area contributed by atoms with Gasteiger partial charge in [-0.2, -0.15) is 0 Å². The van der Waals surface area contributed by atoms with Crippen LogP contribution in [0.25, 0.3) is 33.4 Å². The van der Waals surface area contributed by atoms with E-state index in [-0.39, 0.29) is 100 Å². The van der Waals surface area contributed by atoms with E-state index in [1.54, 1.807) is 103 Å². The minimum Gasteiger partial charge on any atom is -0.508 e. The molecule has 7 atom stereocenters. The minimum absolute atomic E-state index is 0.128. The van der Waals surface area contributed by atoms with E-state index >= 15 is 8.78 Å². The molecule has 4 saturated carbocycles. The summed E-state index contributed by atoms with van der Waals surface area (Å²) in [6, 6.07) is 61.9. The summed E-state index contributed by atoms with van der Waals surface area (Å²) in [5, 5.41) is 18.9. The molecule has 14 rings (SSSR count). The smallest absolute Gasteiger partial charge is 0.306 e. The molecule has 0 aliphatic heterocycles. The van der Waals surface area contributed by atoms with Gasteiger partial charge in [-0.1, -0.05) is 151 Å². The number of halogens is 4. The van der Waals surface area contributed by atoms with Gasteiger partial charge in [0.05, 0.1) is 93.8 Å². The van der Waals surface area contributed by atoms with Crippen molar-refractivity contribution in [1.29, 1.82) is 0 Å². The van der Waals surface area contributed by atoms with Gasteiger partial charge in [0, 0.05) is 60.1 Å². The first-order valence-electron chi connectivity index (χ1n) is 46.5. The van der Waals surface area contributed by atoms with E-state index < -0.39 is 10.8 Å². The topological polar surface area (TPSA) is 219 Å². The second-order valence-corrected chi connectivity index (χ2v) is 37.4. The van der Waals surface area contributed by atoms with Gasteiger partial charge in [-0.05, 0) is 286 Å². The lowest BCUT2D eigenvalue weighted by Crippen LogP contribution is -2.22. The van der Waals surface area contributed by atoms with Crippen LogP contribution in [0, 0.1) is 57.4 Å². The van der Waals surface area contributed by atoms with Gasteiger partial charge in [0.25, 0.3) is 0 Å². The summed E-state index contributed by atoms with van der Waals surface area (Å²) in [6.07, 6.45) is 15.2. The molecule has 0 spiro atoms. The molecule has 4 fully saturated rings. The molecule has 4 aliphatic carbocycles. The lowest BCUT2D eigenvalue weighted by Gasteiger charge is -2.32. The molecule has 22 heteroatoms. The summed E-state index contributed by atoms with van der Waals surface area (Å²) in [7, 11) is 15.3. The highest BCUT2D eigenvalue weighted by atomic mass is 35.5. The maximum atomic E-state index is 15.1. The predicted molar refractivity (Wildman–Crippen MR) is 532 cm³/mol. The number of phenols is 2. The van der Waals surface area contributed by atoms with E-state index in [1.165, 1.54) is 46.6 Å². The summed E-state index contributed by atoms with van der Waals surface area (Å²) in [5.74, 6) is 5.13. The fourth-order valence-corrected chi connectivity index (χ4v) is 17.8. The molecule has 0 bridgehead atoms. The van der Waals surface area contributed by atoms with E-state index in [9.17, 15) is 33.8 Å². The van der Waals surface area contributed by atoms with Crippen LogP contribution in [0.1, 0.15) is 216 Å². The largest absolute Gasteiger partial charge is 0.508 e. The Labute approximate surface area is 811 Å². The molecule has 10 aromatic carbocycles. The summed E-state index contributed by atoms with van der Waals surface area (Å²) in [5.41, 5.74) is 11.9. The van der Waals surface area contributed by atoms with E-state index in [2.05, 4.69) is 31.9 Å². The molecule has 0 saturated heterocycles. The molecular weight excluding hydrogens is 1760 g/mol. The zero-order valence-corrected chi connectivity index (χ0v) is 82.6. The molecule has 0 amide bonds. The van der Waals surface area contributed by atoms with Gasteiger partial charge in [-0.25, -0.2) is 13.2 Å². The maximum Gasteiger partial charge on any atom is 0.306 e. The van der Waals surface area contributed by atoms with Gasteiger partial charge in [0.2, 0.25) is 0 Å². The molecule has 4 aliphatic rings. The number of phenolic OH excluding ortho intramolecular Hbond substituents is 2. The van der Waals surface area contributed by atoms with Crippen LogP contribution in [0.15, 0.2) is 244 Å². The fourth-order valence-electron chi connectivity index (χ4n) is 17.6. The van der Waals surface area contributed by atoms with Crippen LogP contribution in [0.4, 0.5) is 13.2 Å². The van der Waals surface area contributed by atoms with Crippen molar-refractivity contribution in [3.8, 4) is 73.6 Å². The van der Waals surface area contributed by atoms with Gasteiger partial charge in [-0.3, -0.25) is 19.2 Å². The SMILES string of the molecule is C=CC(C)(C)C(OC)c1cc(CCl)ccc1-c1cc(OC)ccc1F.C=CC(C)(C)C(OC)c1cc(COc2cccc([C@@H](CC(=O)OC)C3CC3)c2)ccc1-c1cc(OC)ccc1F.C=CC(C)(C)C(OC)c1cc(COc2cccc([C@H](CC(=O)OC)C3CC3)c2)ccc1-c1cc(OC)ccc1F.COC(=O)C[C@@H](c1cccc(O)c1)C1CC1.COC(=O)C[C@H](c1cccc(O)c1)C1CC1. The van der Waals surface area contributed by atoms with Gasteiger partial charge >= 0.3 is 23.9 Å². The number of hydrogen-bond acceptors (Lipinski definition) is 18. The van der Waals surface area contributed by atoms with Crippen molar-refractivity contribution in [1.82, 2.24) is 0 Å². The first kappa shape index (κ1) is 107. The van der Waals surface area contributed by atoms with Crippen molar-refractivity contribution in [3.63, 3.8) is 0 Å². The third-order valence-electron chi connectivity index (χ3n) is 26.3. The van der Waals surface area contributed by atoms with Crippen LogP contribution in [0.5, 0.6) is 40.2 Å². The minimum atomic E-state index is -0.426. The Morgan fingerprint density at radius 2 is 0.606 bits per heavy atom. The maximum absolute atomic E-state index is 15.1. The summed E-state index contributed by atoms with van der Waals surface area (Å²) < 4.78 is 110. The highest BCUT2D eigenvalue weighted by Crippen LogP contribution is 2.52. The monoisotopic (exact) mass is 1890 g/mol. The van der Waals surface area contributed by atoms with E-state index in [1.807, 2.05) is 175 Å². The summed E-state index contributed by atoms with van der Waals surface area (Å²) in [6.45, 7) is 24.8. The molecule has 10 aromatic rings. The molecule has 0 aromatic heterocycles. The quantitative estimate of drug-likeness (QED) is 0.0157. The standard InChI is InChI=1S/2C34H39FO5.C21H24ClFO2.2C13H16O3/c2*1-7-34(2,3)33(39-6)30-17-22(11-15-27(30)29-19-25(37-4)14-16-31(29)35)21-40-26-10-8-9-24(18-26)28(23-12-13-23)20-32(36)38-5;1-6-21(2,3)20(25-5)18-11-14(13-22)7-9-16(18)17-12-15(24-4)8-10-19(17)23;2*1-16-13(15)8-12(9-5-6-9)10-3-2-4-11(14)7-10/h2*7-11,14-19,23,28,33H,1,12-13,20-21H2,2-6H3;6-12,20H,1,13H2,2-5H3;2*2-4,7,9,12,14H,5-6,8H2,1H3/t2*28-,33?;;2*12-/m10.10/s1. The zero-order valence-electron chi connectivity index (χ0n) is 81.9. The van der Waals surface area contributed by atoms with E-state index in [0.29, 0.717) is 102 Å². The average molecular weight is 1900 g/mol. The number of esters is 4. The number of hydrogen-bond donors (Lipinski definition) is 2. The highest BCUT2D eigenvalue weighted by Gasteiger charge is 2.40. The highest BCUT2D eigenvalue weighted by molar-refractivity contribution is 6.17. The Hall–Kier alpha value is -12.1. The number of alkyl halides is 1. The summed E-state index contributed by atoms with van der Waals surface area (Å²) in [4.78, 5) is 46.7. The number of rotatable bonds is 41. The number of aromatic hydroxyl groups is 2. The lowest BCUT2D eigenvalue weighted by molar-refractivity contribution is -0.142. The Balaban J connectivity index is 0.000000186. The van der Waals surface area contributed by atoms with Crippen LogP contribution >= 0.6 is 11.6 Å². The number of ether oxygens (including phenoxy) is 12. The van der Waals surface area contributed by atoms with Gasteiger partial charge in [0.1, 0.15) is 70.9 Å². The zero-order chi connectivity index (χ0) is 99.4. The Morgan fingerprint density at radius 1 is 0.343 bits per heavy atom. The van der Waals surface area contributed by atoms with Crippen LogP contribution in [-0.2, 0) is 71.4 Å². The molecule has 3 unspecified atom stereocenters. The molecule has 730 valence electrons. The van der Waals surface area contributed by atoms with E-state index in [4.69, 9.17) is 68.4 Å². The number of benzene rings is 10. The Kier molecular flexibility index (Phi) is 39.2. The number of carbonyl (C=O) groups excluding carboxylic acids is 4. The average Bonchev–Trinajstić information content (AvgIpc) is 1.74. The van der Waals surface area contributed by atoms with Crippen molar-refractivity contribution in [2.75, 3.05) is 71.1 Å². The van der Waals surface area contributed by atoms with Crippen LogP contribution < -0.4 is 23.7 Å². The summed E-state index contributed by atoms with van der Waals surface area (Å²) >= 11 is 6.02. The molecule has 18 nitrogen and oxygen atoms in total. The third kappa shape index (κ3) is 29.7. The van der Waals surface area contributed by atoms with E-state index in [0.717, 1.165) is 135 Å². The Morgan fingerprint density at radius 3 is 0.847 bits per heavy atom. The first-order chi connectivity index (χ1) is 65.7. The van der Waals surface area contributed by atoms with Crippen molar-refractivity contribution in [3.05, 3.63) is 317 Å². The number of carbonyl (C=O) groups is 4. The fraction of sp³-hybridized carbons (Fsp3) is 0.391. The predicted octanol–water partition coefficient (Wildman–Crippen LogP) is 27.1.